The molecular formula is C25H31N5O4S2. The third-order valence-corrected chi connectivity index (χ3v) is 9.57. The van der Waals surface area contributed by atoms with Gasteiger partial charge in [-0.3, -0.25) is 4.79 Å². The number of hydrogen-bond acceptors (Lipinski definition) is 7. The van der Waals surface area contributed by atoms with Crippen molar-refractivity contribution >= 4 is 43.4 Å². The van der Waals surface area contributed by atoms with Gasteiger partial charge in [-0.15, -0.1) is 11.3 Å². The topological polar surface area (TPSA) is 118 Å². The number of likely N-dealkylation sites (tertiary alicyclic amines) is 1. The molecule has 2 aliphatic heterocycles. The number of nitrogen functional groups attached to an aromatic ring is 1. The second-order valence-corrected chi connectivity index (χ2v) is 12.4. The first kappa shape index (κ1) is 24.9. The summed E-state index contributed by atoms with van der Waals surface area (Å²) in [5, 5.41) is 0.819. The van der Waals surface area contributed by atoms with E-state index in [9.17, 15) is 13.2 Å². The number of nitrogens with zero attached hydrogens (tertiary/aromatic N) is 3. The highest BCUT2D eigenvalue weighted by molar-refractivity contribution is 7.87. The molecule has 1 fully saturated rings. The minimum Gasteiger partial charge on any atom is -0.492 e. The fourth-order valence-electron chi connectivity index (χ4n) is 4.73. The predicted octanol–water partition coefficient (Wildman–Crippen LogP) is 2.78. The van der Waals surface area contributed by atoms with Gasteiger partial charge in [0.05, 0.1) is 0 Å². The summed E-state index contributed by atoms with van der Waals surface area (Å²) < 4.78 is 38.0. The average molecular weight is 530 g/mol. The molecule has 5 rings (SSSR count). The van der Waals surface area contributed by atoms with Gasteiger partial charge in [0, 0.05) is 59.3 Å². The van der Waals surface area contributed by atoms with E-state index >= 15 is 0 Å². The maximum absolute atomic E-state index is 13.6. The molecule has 36 heavy (non-hydrogen) atoms. The Bertz CT molecular complexity index is 1350. The van der Waals surface area contributed by atoms with Crippen LogP contribution >= 0.6 is 11.3 Å². The fourth-order valence-corrected chi connectivity index (χ4v) is 7.16. The van der Waals surface area contributed by atoms with E-state index in [4.69, 9.17) is 10.5 Å². The van der Waals surface area contributed by atoms with Gasteiger partial charge in [0.25, 0.3) is 10.2 Å². The summed E-state index contributed by atoms with van der Waals surface area (Å²) in [6.45, 7) is 4.05. The molecule has 192 valence electrons. The van der Waals surface area contributed by atoms with Gasteiger partial charge in [-0.05, 0) is 37.0 Å². The average Bonchev–Trinajstić information content (AvgIpc) is 3.14. The van der Waals surface area contributed by atoms with Crippen molar-refractivity contribution in [1.29, 1.82) is 0 Å². The Morgan fingerprint density at radius 3 is 2.81 bits per heavy atom. The normalized spacial score (nSPS) is 18.4. The molecular weight excluding hydrogens is 498 g/mol. The summed E-state index contributed by atoms with van der Waals surface area (Å²) in [4.78, 5) is 20.4. The van der Waals surface area contributed by atoms with Crippen molar-refractivity contribution in [3.63, 3.8) is 0 Å². The largest absolute Gasteiger partial charge is 0.492 e. The van der Waals surface area contributed by atoms with Gasteiger partial charge in [-0.2, -0.15) is 17.4 Å². The molecule has 0 saturated carbocycles. The molecule has 9 nitrogen and oxygen atoms in total. The third-order valence-electron chi connectivity index (χ3n) is 6.87. The van der Waals surface area contributed by atoms with Crippen LogP contribution in [0.15, 0.2) is 42.6 Å². The van der Waals surface area contributed by atoms with Crippen molar-refractivity contribution in [1.82, 2.24) is 18.9 Å². The zero-order valence-electron chi connectivity index (χ0n) is 20.2. The number of hydrogen-bond donors (Lipinski definition) is 2. The van der Waals surface area contributed by atoms with Gasteiger partial charge in [-0.1, -0.05) is 25.1 Å². The SMILES string of the molecule is CC1CCN(C(=O)C(Cc2cc3c(N)nccc3s2)NS(=O)(=O)N2CCOc3ccccc3C2)CC1. The molecule has 3 aromatic rings. The molecule has 1 amide bonds. The Kier molecular flexibility index (Phi) is 7.16. The molecule has 2 aromatic heterocycles. The van der Waals surface area contributed by atoms with Crippen molar-refractivity contribution in [2.45, 2.75) is 38.8 Å². The van der Waals surface area contributed by atoms with E-state index in [0.717, 1.165) is 33.4 Å². The van der Waals surface area contributed by atoms with E-state index in [1.54, 1.807) is 11.1 Å². The van der Waals surface area contributed by atoms with Crippen LogP contribution in [0.3, 0.4) is 0 Å². The van der Waals surface area contributed by atoms with Crippen molar-refractivity contribution < 1.29 is 17.9 Å². The number of carbonyl (C=O) groups is 1. The fraction of sp³-hybridized carbons (Fsp3) is 0.440. The Hall–Kier alpha value is -2.73. The molecule has 0 bridgehead atoms. The number of benzene rings is 1. The molecule has 11 heteroatoms. The second-order valence-electron chi connectivity index (χ2n) is 9.50. The molecule has 3 N–H and O–H groups in total. The molecule has 0 aliphatic carbocycles. The standard InChI is InChI=1S/C25H31N5O4S2/c1-17-7-10-29(11-8-17)25(31)21(15-19-14-20-23(35-19)6-9-27-24(20)26)28-36(32,33)30-12-13-34-22-5-3-2-4-18(22)16-30/h2-6,9,14,17,21,28H,7-8,10-13,15-16H2,1H3,(H2,26,27). The summed E-state index contributed by atoms with van der Waals surface area (Å²) in [5.74, 6) is 1.47. The first-order valence-corrected chi connectivity index (χ1v) is 14.5. The van der Waals surface area contributed by atoms with Crippen molar-refractivity contribution in [2.75, 3.05) is 32.0 Å². The van der Waals surface area contributed by atoms with Crippen LogP contribution in [0.1, 0.15) is 30.2 Å². The number of anilines is 1. The van der Waals surface area contributed by atoms with E-state index in [1.165, 1.54) is 15.6 Å². The van der Waals surface area contributed by atoms with Crippen LogP contribution in [0.4, 0.5) is 5.82 Å². The van der Waals surface area contributed by atoms with Gasteiger partial charge >= 0.3 is 0 Å². The number of rotatable bonds is 6. The monoisotopic (exact) mass is 529 g/mol. The van der Waals surface area contributed by atoms with Gasteiger partial charge in [-0.25, -0.2) is 4.98 Å². The third kappa shape index (κ3) is 5.34. The first-order chi connectivity index (χ1) is 17.3. The van der Waals surface area contributed by atoms with Crippen LogP contribution in [0.25, 0.3) is 10.1 Å². The number of pyridine rings is 1. The summed E-state index contributed by atoms with van der Waals surface area (Å²) in [6, 6.07) is 10.3. The Morgan fingerprint density at radius 2 is 2.03 bits per heavy atom. The molecule has 1 unspecified atom stereocenters. The minimum atomic E-state index is -3.98. The number of amides is 1. The second kappa shape index (κ2) is 10.3. The summed E-state index contributed by atoms with van der Waals surface area (Å²) in [5.41, 5.74) is 6.83. The van der Waals surface area contributed by atoms with E-state index in [1.807, 2.05) is 36.4 Å². The maximum atomic E-state index is 13.6. The molecule has 0 spiro atoms. The molecule has 1 aromatic carbocycles. The first-order valence-electron chi connectivity index (χ1n) is 12.2. The van der Waals surface area contributed by atoms with Crippen molar-refractivity contribution in [3.8, 4) is 5.75 Å². The van der Waals surface area contributed by atoms with Crippen molar-refractivity contribution in [2.24, 2.45) is 5.92 Å². The lowest BCUT2D eigenvalue weighted by Crippen LogP contribution is -2.54. The van der Waals surface area contributed by atoms with Crippen LogP contribution in [-0.2, 0) is 28.0 Å². The molecule has 4 heterocycles. The van der Waals surface area contributed by atoms with Gasteiger partial charge in [0.1, 0.15) is 24.2 Å². The zero-order valence-corrected chi connectivity index (χ0v) is 21.9. The zero-order chi connectivity index (χ0) is 25.3. The molecule has 0 radical (unpaired) electrons. The van der Waals surface area contributed by atoms with Crippen molar-refractivity contribution in [3.05, 3.63) is 53.0 Å². The maximum Gasteiger partial charge on any atom is 0.280 e. The smallest absolute Gasteiger partial charge is 0.280 e. The van der Waals surface area contributed by atoms with Crippen LogP contribution in [0, 0.1) is 5.92 Å². The quantitative estimate of drug-likeness (QED) is 0.507. The van der Waals surface area contributed by atoms with Gasteiger partial charge < -0.3 is 15.4 Å². The summed E-state index contributed by atoms with van der Waals surface area (Å²) >= 11 is 1.50. The summed E-state index contributed by atoms with van der Waals surface area (Å²) in [6.07, 6.45) is 3.72. The number of fused-ring (bicyclic) bond motifs is 2. The van der Waals surface area contributed by atoms with Gasteiger partial charge in [0.2, 0.25) is 5.91 Å². The number of para-hydroxylation sites is 1. The highest BCUT2D eigenvalue weighted by Gasteiger charge is 2.34. The van der Waals surface area contributed by atoms with E-state index in [2.05, 4.69) is 16.6 Å². The lowest BCUT2D eigenvalue weighted by molar-refractivity contribution is -0.134. The number of thiophene rings is 1. The van der Waals surface area contributed by atoms with Crippen LogP contribution in [0.2, 0.25) is 0 Å². The number of nitrogens with one attached hydrogen (secondary N) is 1. The predicted molar refractivity (Wildman–Crippen MR) is 141 cm³/mol. The van der Waals surface area contributed by atoms with Crippen LogP contribution in [0.5, 0.6) is 5.75 Å². The Labute approximate surface area is 215 Å². The minimum absolute atomic E-state index is 0.179. The molecule has 1 saturated heterocycles. The van der Waals surface area contributed by atoms with E-state index in [-0.39, 0.29) is 32.0 Å². The van der Waals surface area contributed by atoms with E-state index < -0.39 is 16.3 Å². The van der Waals surface area contributed by atoms with E-state index in [0.29, 0.717) is 30.6 Å². The van der Waals surface area contributed by atoms with Crippen LogP contribution < -0.4 is 15.2 Å². The highest BCUT2D eigenvalue weighted by atomic mass is 32.2. The lowest BCUT2D eigenvalue weighted by atomic mass is 9.98. The number of nitrogens with two attached hydrogens (primary N) is 1. The number of carbonyl (C=O) groups excluding carboxylic acids is 1. The lowest BCUT2D eigenvalue weighted by Gasteiger charge is -2.33. The molecule has 2 aliphatic rings. The number of ether oxygens (including phenoxy) is 1. The van der Waals surface area contributed by atoms with Crippen LogP contribution in [-0.4, -0.2) is 60.8 Å². The summed E-state index contributed by atoms with van der Waals surface area (Å²) in [7, 11) is -3.98. The number of piperidine rings is 1. The number of aromatic nitrogens is 1. The molecule has 1 atom stereocenters. The Morgan fingerprint density at radius 1 is 1.25 bits per heavy atom. The Balaban J connectivity index is 1.41. The van der Waals surface area contributed by atoms with Gasteiger partial charge in [0.15, 0.2) is 0 Å². The highest BCUT2D eigenvalue weighted by Crippen LogP contribution is 2.30.